The minimum absolute atomic E-state index is 0.203. The lowest BCUT2D eigenvalue weighted by Gasteiger charge is -2.57. The minimum atomic E-state index is -2.24. The van der Waals surface area contributed by atoms with Gasteiger partial charge in [-0.2, -0.15) is 0 Å². The van der Waals surface area contributed by atoms with E-state index in [1.165, 1.54) is 33.8 Å². The molecule has 1 saturated heterocycles. The van der Waals surface area contributed by atoms with Gasteiger partial charge in [-0.1, -0.05) is 25.2 Å². The molecule has 3 aliphatic rings. The first-order valence-electron chi connectivity index (χ1n) is 12.2. The molecular formula is C26H35ClO10. The molecule has 0 aromatic heterocycles. The second-order valence-corrected chi connectivity index (χ2v) is 11.1. The molecule has 0 radical (unpaired) electrons. The number of hydrogen-bond acceptors (Lipinski definition) is 10. The zero-order valence-corrected chi connectivity index (χ0v) is 22.6. The lowest BCUT2D eigenvalue weighted by molar-refractivity contribution is -0.245. The van der Waals surface area contributed by atoms with E-state index in [9.17, 15) is 29.4 Å². The third-order valence-corrected chi connectivity index (χ3v) is 8.52. The van der Waals surface area contributed by atoms with Crippen LogP contribution in [0.25, 0.3) is 0 Å². The SMILES string of the molecule is C=C1CC[C@@H](OC(C)=O)[C@@]2(C)C=CC(OC(C)=O)[C@@](C)(O)[C@@H]2[C@@H](OC(C)=O)[C@]2(O)[C@@H](C)C(=O)O[C@H]2[C@H]1Cl. The van der Waals surface area contributed by atoms with Crippen LogP contribution in [0.1, 0.15) is 54.4 Å². The Bertz CT molecular complexity index is 1020. The number of alkyl halides is 1. The molecule has 3 rings (SSSR count). The number of aliphatic hydroxyl groups is 2. The maximum atomic E-state index is 12.8. The van der Waals surface area contributed by atoms with E-state index < -0.39 is 82.1 Å². The van der Waals surface area contributed by atoms with Gasteiger partial charge >= 0.3 is 23.9 Å². The first-order chi connectivity index (χ1) is 17.0. The van der Waals surface area contributed by atoms with E-state index in [1.807, 2.05) is 0 Å². The van der Waals surface area contributed by atoms with E-state index >= 15 is 0 Å². The normalized spacial score (nSPS) is 43.6. The van der Waals surface area contributed by atoms with Crippen molar-refractivity contribution in [1.29, 1.82) is 0 Å². The Hall–Kier alpha value is -2.43. The third kappa shape index (κ3) is 4.91. The van der Waals surface area contributed by atoms with E-state index in [1.54, 1.807) is 13.0 Å². The molecule has 37 heavy (non-hydrogen) atoms. The van der Waals surface area contributed by atoms with Gasteiger partial charge in [0.2, 0.25) is 0 Å². The van der Waals surface area contributed by atoms with Crippen LogP contribution in [0.2, 0.25) is 0 Å². The fraction of sp³-hybridized carbons (Fsp3) is 0.692. The average molecular weight is 543 g/mol. The van der Waals surface area contributed by atoms with Crippen molar-refractivity contribution < 1.29 is 48.3 Å². The number of ether oxygens (including phenoxy) is 4. The van der Waals surface area contributed by atoms with Crippen molar-refractivity contribution >= 4 is 35.5 Å². The van der Waals surface area contributed by atoms with Gasteiger partial charge in [0.25, 0.3) is 0 Å². The van der Waals surface area contributed by atoms with Crippen LogP contribution >= 0.6 is 11.6 Å². The summed E-state index contributed by atoms with van der Waals surface area (Å²) in [5, 5.41) is 23.2. The summed E-state index contributed by atoms with van der Waals surface area (Å²) in [5.41, 5.74) is -5.11. The Morgan fingerprint density at radius 1 is 1.08 bits per heavy atom. The number of halogens is 1. The van der Waals surface area contributed by atoms with Crippen molar-refractivity contribution in [3.8, 4) is 0 Å². The summed E-state index contributed by atoms with van der Waals surface area (Å²) < 4.78 is 22.4. The molecule has 10 nitrogen and oxygen atoms in total. The summed E-state index contributed by atoms with van der Waals surface area (Å²) >= 11 is 6.69. The zero-order chi connectivity index (χ0) is 28.1. The first-order valence-corrected chi connectivity index (χ1v) is 12.6. The molecule has 1 unspecified atom stereocenters. The maximum absolute atomic E-state index is 12.8. The molecule has 1 saturated carbocycles. The van der Waals surface area contributed by atoms with E-state index in [0.29, 0.717) is 5.57 Å². The fourth-order valence-electron chi connectivity index (χ4n) is 6.11. The predicted octanol–water partition coefficient (Wildman–Crippen LogP) is 1.97. The largest absolute Gasteiger partial charge is 0.462 e. The summed E-state index contributed by atoms with van der Waals surface area (Å²) in [6.45, 7) is 12.0. The van der Waals surface area contributed by atoms with Crippen LogP contribution in [0.5, 0.6) is 0 Å². The highest BCUT2D eigenvalue weighted by molar-refractivity contribution is 6.23. The molecule has 0 amide bonds. The minimum Gasteiger partial charge on any atom is -0.462 e. The van der Waals surface area contributed by atoms with Crippen LogP contribution in [0, 0.1) is 17.3 Å². The number of rotatable bonds is 3. The average Bonchev–Trinajstić information content (AvgIpc) is 3.00. The number of carbonyl (C=O) groups excluding carboxylic acids is 4. The Labute approximate surface area is 220 Å². The molecule has 2 N–H and O–H groups in total. The maximum Gasteiger partial charge on any atom is 0.312 e. The summed E-state index contributed by atoms with van der Waals surface area (Å²) in [6.07, 6.45) is -1.60. The molecular weight excluding hydrogens is 508 g/mol. The highest BCUT2D eigenvalue weighted by atomic mass is 35.5. The zero-order valence-electron chi connectivity index (χ0n) is 21.9. The standard InChI is InChI=1S/C26H35ClO10/c1-12-8-9-17(34-14(3)28)24(6)11-10-18(35-15(4)29)25(7,32)20(24)22(36-16(5)30)26(33)13(2)23(31)37-21(26)19(12)27/h10-11,13,17-22,32-33H,1,8-9H2,2-7H3/t13-,17+,18?,19-,20+,21-,22+,24+,25+,26-/m0/s1. The molecule has 2 fully saturated rings. The lowest BCUT2D eigenvalue weighted by atomic mass is 9.54. The van der Waals surface area contributed by atoms with Crippen molar-refractivity contribution in [3.63, 3.8) is 0 Å². The first kappa shape index (κ1) is 29.1. The van der Waals surface area contributed by atoms with E-state index in [2.05, 4.69) is 6.58 Å². The van der Waals surface area contributed by atoms with E-state index in [0.717, 1.165) is 6.92 Å². The molecule has 2 aliphatic carbocycles. The third-order valence-electron chi connectivity index (χ3n) is 7.98. The van der Waals surface area contributed by atoms with Crippen LogP contribution < -0.4 is 0 Å². The molecule has 10 atom stereocenters. The molecule has 0 bridgehead atoms. The number of carbonyl (C=O) groups is 4. The smallest absolute Gasteiger partial charge is 0.312 e. The van der Waals surface area contributed by atoms with Crippen molar-refractivity contribution in [1.82, 2.24) is 0 Å². The van der Waals surface area contributed by atoms with Gasteiger partial charge < -0.3 is 29.2 Å². The number of esters is 4. The molecule has 1 aliphatic heterocycles. The highest BCUT2D eigenvalue weighted by Gasteiger charge is 2.70. The van der Waals surface area contributed by atoms with Crippen molar-refractivity contribution in [3.05, 3.63) is 24.3 Å². The summed E-state index contributed by atoms with van der Waals surface area (Å²) in [4.78, 5) is 49.3. The van der Waals surface area contributed by atoms with Crippen LogP contribution in [0.15, 0.2) is 24.3 Å². The Balaban J connectivity index is 2.38. The summed E-state index contributed by atoms with van der Waals surface area (Å²) in [5.74, 6) is -5.38. The van der Waals surface area contributed by atoms with Gasteiger partial charge in [0.05, 0.1) is 11.3 Å². The fourth-order valence-corrected chi connectivity index (χ4v) is 6.47. The van der Waals surface area contributed by atoms with Crippen molar-refractivity contribution in [2.45, 2.75) is 95.4 Å². The van der Waals surface area contributed by atoms with Gasteiger partial charge in [-0.25, -0.2) is 0 Å². The number of fused-ring (bicyclic) bond motifs is 2. The van der Waals surface area contributed by atoms with Gasteiger partial charge in [0.1, 0.15) is 23.9 Å². The van der Waals surface area contributed by atoms with Gasteiger partial charge in [-0.05, 0) is 32.8 Å². The Morgan fingerprint density at radius 2 is 1.65 bits per heavy atom. The van der Waals surface area contributed by atoms with Crippen LogP contribution in [-0.4, -0.2) is 75.1 Å². The second kappa shape index (κ2) is 10.0. The van der Waals surface area contributed by atoms with Crippen molar-refractivity contribution in [2.75, 3.05) is 0 Å². The van der Waals surface area contributed by atoms with Crippen LogP contribution in [-0.2, 0) is 38.1 Å². The molecule has 0 aromatic rings. The van der Waals surface area contributed by atoms with Gasteiger partial charge in [-0.3, -0.25) is 19.2 Å². The van der Waals surface area contributed by atoms with Crippen LogP contribution in [0.4, 0.5) is 0 Å². The van der Waals surface area contributed by atoms with E-state index in [4.69, 9.17) is 30.5 Å². The topological polar surface area (TPSA) is 146 Å². The Morgan fingerprint density at radius 3 is 2.19 bits per heavy atom. The van der Waals surface area contributed by atoms with Crippen molar-refractivity contribution in [2.24, 2.45) is 17.3 Å². The molecule has 206 valence electrons. The molecule has 0 spiro atoms. The molecule has 11 heteroatoms. The quantitative estimate of drug-likeness (QED) is 0.235. The van der Waals surface area contributed by atoms with Crippen LogP contribution in [0.3, 0.4) is 0 Å². The lowest BCUT2D eigenvalue weighted by Crippen LogP contribution is -2.70. The number of hydrogen-bond donors (Lipinski definition) is 2. The van der Waals surface area contributed by atoms with Gasteiger partial charge in [0.15, 0.2) is 11.7 Å². The summed E-state index contributed by atoms with van der Waals surface area (Å²) in [6, 6.07) is 0. The highest BCUT2D eigenvalue weighted by Crippen LogP contribution is 2.56. The summed E-state index contributed by atoms with van der Waals surface area (Å²) in [7, 11) is 0. The molecule has 1 heterocycles. The second-order valence-electron chi connectivity index (χ2n) is 10.7. The van der Waals surface area contributed by atoms with Gasteiger partial charge in [0, 0.05) is 32.1 Å². The monoisotopic (exact) mass is 542 g/mol. The molecule has 0 aromatic carbocycles. The van der Waals surface area contributed by atoms with Gasteiger partial charge in [-0.15, -0.1) is 11.6 Å². The van der Waals surface area contributed by atoms with E-state index in [-0.39, 0.29) is 12.8 Å². The predicted molar refractivity (Wildman–Crippen MR) is 130 cm³/mol. The Kier molecular flexibility index (Phi) is 7.90.